The largest absolute Gasteiger partial charge is 0.409 e. The van der Waals surface area contributed by atoms with Crippen LogP contribution in [0.25, 0.3) is 0 Å². The number of anilines is 1. The van der Waals surface area contributed by atoms with E-state index in [1.165, 1.54) is 17.1 Å². The fourth-order valence-corrected chi connectivity index (χ4v) is 1.74. The minimum Gasteiger partial charge on any atom is -0.409 e. The molecular weight excluding hydrogens is 328 g/mol. The van der Waals surface area contributed by atoms with Gasteiger partial charge < -0.3 is 16.3 Å². The summed E-state index contributed by atoms with van der Waals surface area (Å²) in [4.78, 5) is 16.0. The molecule has 4 N–H and O–H groups in total. The topological polar surface area (TPSA) is 118 Å². The molecule has 0 aliphatic rings. The van der Waals surface area contributed by atoms with Crippen molar-refractivity contribution < 1.29 is 10.0 Å². The molecule has 20 heavy (non-hydrogen) atoms. The molecule has 2 heterocycles. The van der Waals surface area contributed by atoms with Gasteiger partial charge in [0.05, 0.1) is 11.8 Å². The number of pyridine rings is 1. The molecule has 0 spiro atoms. The number of rotatable bonds is 3. The summed E-state index contributed by atoms with van der Waals surface area (Å²) in [5.74, 6) is -0.250. The van der Waals surface area contributed by atoms with Crippen LogP contribution in [0.3, 0.4) is 0 Å². The van der Waals surface area contributed by atoms with Gasteiger partial charge in [0.15, 0.2) is 5.84 Å². The number of halogens is 1. The molecule has 0 aliphatic heterocycles. The minimum atomic E-state index is -0.423. The van der Waals surface area contributed by atoms with Crippen LogP contribution in [0.4, 0.5) is 5.82 Å². The van der Waals surface area contributed by atoms with Crippen molar-refractivity contribution in [3.8, 4) is 0 Å². The van der Waals surface area contributed by atoms with Gasteiger partial charge in [0.1, 0.15) is 11.5 Å². The molecule has 0 saturated heterocycles. The Morgan fingerprint density at radius 3 is 2.85 bits per heavy atom. The number of carbonyl (C=O) groups is 1. The van der Waals surface area contributed by atoms with Gasteiger partial charge in [-0.1, -0.05) is 5.16 Å². The molecule has 0 aliphatic carbocycles. The zero-order chi connectivity index (χ0) is 14.7. The number of aromatic nitrogens is 3. The Balaban J connectivity index is 2.28. The Kier molecular flexibility index (Phi) is 3.99. The standard InChI is InChI=1S/C11H11BrN6O2/c1-18-10(7(5-15-18)9(13)17-20)16-11(19)8-3-2-6(12)4-14-8/h2-5,20H,1H3,(H2,13,17)(H,16,19). The fraction of sp³-hybridized carbons (Fsp3) is 0.0909. The van der Waals surface area contributed by atoms with E-state index in [0.29, 0.717) is 11.4 Å². The van der Waals surface area contributed by atoms with Gasteiger partial charge in [-0.25, -0.2) is 4.98 Å². The van der Waals surface area contributed by atoms with Crippen molar-refractivity contribution in [3.63, 3.8) is 0 Å². The summed E-state index contributed by atoms with van der Waals surface area (Å²) in [6.07, 6.45) is 2.91. The first kappa shape index (κ1) is 14.0. The maximum atomic E-state index is 12.1. The zero-order valence-corrected chi connectivity index (χ0v) is 12.0. The number of nitrogens with zero attached hydrogens (tertiary/aromatic N) is 4. The van der Waals surface area contributed by atoms with Crippen LogP contribution in [0.1, 0.15) is 16.1 Å². The molecule has 0 atom stereocenters. The molecule has 0 saturated carbocycles. The predicted molar refractivity (Wildman–Crippen MR) is 75.6 cm³/mol. The molecule has 0 unspecified atom stereocenters. The van der Waals surface area contributed by atoms with Crippen LogP contribution >= 0.6 is 15.9 Å². The number of carbonyl (C=O) groups excluding carboxylic acids is 1. The van der Waals surface area contributed by atoms with Crippen molar-refractivity contribution in [1.82, 2.24) is 14.8 Å². The van der Waals surface area contributed by atoms with Crippen molar-refractivity contribution in [2.24, 2.45) is 17.9 Å². The van der Waals surface area contributed by atoms with Crippen LogP contribution in [0, 0.1) is 0 Å². The van der Waals surface area contributed by atoms with E-state index in [-0.39, 0.29) is 11.5 Å². The SMILES string of the molecule is Cn1ncc(C(N)=NO)c1NC(=O)c1ccc(Br)cn1. The molecule has 104 valence electrons. The fourth-order valence-electron chi connectivity index (χ4n) is 1.51. The molecule has 0 bridgehead atoms. The first-order valence-electron chi connectivity index (χ1n) is 5.45. The molecular formula is C11H11BrN6O2. The molecule has 2 rings (SSSR count). The first-order valence-corrected chi connectivity index (χ1v) is 6.25. The maximum Gasteiger partial charge on any atom is 0.275 e. The van der Waals surface area contributed by atoms with Gasteiger partial charge in [0, 0.05) is 17.7 Å². The zero-order valence-electron chi connectivity index (χ0n) is 10.4. The van der Waals surface area contributed by atoms with Crippen molar-refractivity contribution in [2.75, 3.05) is 5.32 Å². The monoisotopic (exact) mass is 338 g/mol. The highest BCUT2D eigenvalue weighted by atomic mass is 79.9. The molecule has 1 amide bonds. The number of nitrogens with one attached hydrogen (secondary N) is 1. The Labute approximate surface area is 122 Å². The number of aryl methyl sites for hydroxylation is 1. The Bertz CT molecular complexity index is 664. The Morgan fingerprint density at radius 2 is 2.25 bits per heavy atom. The van der Waals surface area contributed by atoms with E-state index in [2.05, 4.69) is 36.5 Å². The van der Waals surface area contributed by atoms with Gasteiger partial charge in [0.2, 0.25) is 0 Å². The molecule has 2 aromatic rings. The number of amidine groups is 1. The highest BCUT2D eigenvalue weighted by Gasteiger charge is 2.16. The molecule has 0 radical (unpaired) electrons. The average molecular weight is 339 g/mol. The van der Waals surface area contributed by atoms with Crippen molar-refractivity contribution in [2.45, 2.75) is 0 Å². The normalized spacial score (nSPS) is 11.4. The summed E-state index contributed by atoms with van der Waals surface area (Å²) in [5, 5.41) is 18.2. The highest BCUT2D eigenvalue weighted by Crippen LogP contribution is 2.15. The predicted octanol–water partition coefficient (Wildman–Crippen LogP) is 0.924. The van der Waals surface area contributed by atoms with E-state index in [1.807, 2.05) is 0 Å². The van der Waals surface area contributed by atoms with E-state index >= 15 is 0 Å². The highest BCUT2D eigenvalue weighted by molar-refractivity contribution is 9.10. The number of hydrogen-bond donors (Lipinski definition) is 3. The van der Waals surface area contributed by atoms with Gasteiger partial charge in [-0.3, -0.25) is 9.48 Å². The lowest BCUT2D eigenvalue weighted by Gasteiger charge is -2.07. The van der Waals surface area contributed by atoms with E-state index in [0.717, 1.165) is 4.47 Å². The van der Waals surface area contributed by atoms with Gasteiger partial charge in [-0.15, -0.1) is 0 Å². The molecule has 9 heteroatoms. The molecule has 0 aromatic carbocycles. The lowest BCUT2D eigenvalue weighted by molar-refractivity contribution is 0.102. The number of amides is 1. The summed E-state index contributed by atoms with van der Waals surface area (Å²) in [5.41, 5.74) is 6.07. The average Bonchev–Trinajstić information content (AvgIpc) is 2.80. The number of hydrogen-bond acceptors (Lipinski definition) is 5. The van der Waals surface area contributed by atoms with Crippen LogP contribution in [0.2, 0.25) is 0 Å². The minimum absolute atomic E-state index is 0.142. The van der Waals surface area contributed by atoms with Gasteiger partial charge in [0.25, 0.3) is 5.91 Å². The van der Waals surface area contributed by atoms with Crippen LogP contribution in [-0.2, 0) is 7.05 Å². The first-order chi connectivity index (χ1) is 9.52. The summed E-state index contributed by atoms with van der Waals surface area (Å²) in [6, 6.07) is 3.27. The Morgan fingerprint density at radius 1 is 1.50 bits per heavy atom. The number of oxime groups is 1. The van der Waals surface area contributed by atoms with Crippen LogP contribution in [0.15, 0.2) is 34.2 Å². The van der Waals surface area contributed by atoms with E-state index < -0.39 is 5.91 Å². The maximum absolute atomic E-state index is 12.1. The third-order valence-electron chi connectivity index (χ3n) is 2.51. The lowest BCUT2D eigenvalue weighted by Crippen LogP contribution is -2.20. The van der Waals surface area contributed by atoms with Crippen LogP contribution in [-0.4, -0.2) is 31.7 Å². The lowest BCUT2D eigenvalue weighted by atomic mass is 10.3. The van der Waals surface area contributed by atoms with Crippen molar-refractivity contribution in [1.29, 1.82) is 0 Å². The number of nitrogens with two attached hydrogens (primary N) is 1. The van der Waals surface area contributed by atoms with Gasteiger partial charge >= 0.3 is 0 Å². The van der Waals surface area contributed by atoms with Crippen molar-refractivity contribution in [3.05, 3.63) is 40.3 Å². The van der Waals surface area contributed by atoms with Gasteiger partial charge in [-0.2, -0.15) is 5.10 Å². The second kappa shape index (κ2) is 5.70. The van der Waals surface area contributed by atoms with Gasteiger partial charge in [-0.05, 0) is 28.1 Å². The summed E-state index contributed by atoms with van der Waals surface area (Å²) in [7, 11) is 1.62. The van der Waals surface area contributed by atoms with E-state index in [1.54, 1.807) is 19.2 Å². The molecule has 0 fully saturated rings. The van der Waals surface area contributed by atoms with Crippen LogP contribution in [0.5, 0.6) is 0 Å². The van der Waals surface area contributed by atoms with E-state index in [9.17, 15) is 4.79 Å². The third kappa shape index (κ3) is 2.77. The van der Waals surface area contributed by atoms with Crippen molar-refractivity contribution >= 4 is 33.5 Å². The van der Waals surface area contributed by atoms with Crippen LogP contribution < -0.4 is 11.1 Å². The second-order valence-corrected chi connectivity index (χ2v) is 4.75. The summed E-state index contributed by atoms with van der Waals surface area (Å²) >= 11 is 3.24. The quantitative estimate of drug-likeness (QED) is 0.333. The molecule has 2 aromatic heterocycles. The summed E-state index contributed by atoms with van der Waals surface area (Å²) in [6.45, 7) is 0. The summed E-state index contributed by atoms with van der Waals surface area (Å²) < 4.78 is 2.18. The smallest absolute Gasteiger partial charge is 0.275 e. The molecule has 8 nitrogen and oxygen atoms in total. The third-order valence-corrected chi connectivity index (χ3v) is 2.98. The second-order valence-electron chi connectivity index (χ2n) is 3.83. The Hall–Kier alpha value is -2.42. The van der Waals surface area contributed by atoms with E-state index in [4.69, 9.17) is 10.9 Å².